The second-order valence-electron chi connectivity index (χ2n) is 2.69. The minimum atomic E-state index is -0.333. The molecule has 0 aliphatic heterocycles. The van der Waals surface area contributed by atoms with E-state index in [0.717, 1.165) is 5.69 Å². The van der Waals surface area contributed by atoms with Crippen LogP contribution in [0.15, 0.2) is 18.2 Å². The summed E-state index contributed by atoms with van der Waals surface area (Å²) < 4.78 is 4.83. The maximum absolute atomic E-state index is 11.2. The number of nitrogens with one attached hydrogen (secondary N) is 1. The fourth-order valence-electron chi connectivity index (χ4n) is 1.03. The number of nitrogens with two attached hydrogens (primary N) is 1. The number of aromatic nitrogens is 1. The van der Waals surface area contributed by atoms with Crippen LogP contribution in [-0.4, -0.2) is 24.1 Å². The van der Waals surface area contributed by atoms with Crippen molar-refractivity contribution >= 4 is 12.0 Å². The average Bonchev–Trinajstić information content (AvgIpc) is 2.63. The standard InChI is InChI=1S/C10H14N2O2/c1-2-14-10(13)9-6-5-8(12-9)4-3-7-11/h3-6,12H,2,7,11H2,1H3. The average molecular weight is 194 g/mol. The topological polar surface area (TPSA) is 68.1 Å². The van der Waals surface area contributed by atoms with Gasteiger partial charge in [0.1, 0.15) is 5.69 Å². The maximum Gasteiger partial charge on any atom is 0.354 e. The van der Waals surface area contributed by atoms with Crippen molar-refractivity contribution in [2.75, 3.05) is 13.2 Å². The third kappa shape index (κ3) is 2.74. The van der Waals surface area contributed by atoms with Crippen molar-refractivity contribution in [2.24, 2.45) is 5.73 Å². The van der Waals surface area contributed by atoms with Gasteiger partial charge in [-0.2, -0.15) is 0 Å². The molecule has 1 aromatic rings. The zero-order chi connectivity index (χ0) is 10.4. The first-order valence-electron chi connectivity index (χ1n) is 4.50. The van der Waals surface area contributed by atoms with E-state index in [1.807, 2.05) is 6.08 Å². The van der Waals surface area contributed by atoms with Gasteiger partial charge in [-0.3, -0.25) is 0 Å². The van der Waals surface area contributed by atoms with Crippen molar-refractivity contribution in [1.29, 1.82) is 0 Å². The molecular weight excluding hydrogens is 180 g/mol. The molecular formula is C10H14N2O2. The number of carbonyl (C=O) groups excluding carboxylic acids is 1. The number of H-pyrrole nitrogens is 1. The SMILES string of the molecule is CCOC(=O)c1ccc(C=CCN)[nH]1. The van der Waals surface area contributed by atoms with E-state index in [2.05, 4.69) is 4.98 Å². The van der Waals surface area contributed by atoms with Crippen molar-refractivity contribution in [3.63, 3.8) is 0 Å². The van der Waals surface area contributed by atoms with E-state index in [-0.39, 0.29) is 5.97 Å². The molecule has 76 valence electrons. The molecule has 0 aliphatic carbocycles. The van der Waals surface area contributed by atoms with E-state index in [9.17, 15) is 4.79 Å². The molecule has 0 saturated carbocycles. The molecule has 3 N–H and O–H groups in total. The van der Waals surface area contributed by atoms with Gasteiger partial charge in [0.15, 0.2) is 0 Å². The lowest BCUT2D eigenvalue weighted by Crippen LogP contribution is -2.04. The number of hydrogen-bond donors (Lipinski definition) is 2. The largest absolute Gasteiger partial charge is 0.461 e. The molecule has 0 spiro atoms. The first kappa shape index (κ1) is 10.5. The molecule has 0 aliphatic rings. The Labute approximate surface area is 82.8 Å². The fourth-order valence-corrected chi connectivity index (χ4v) is 1.03. The molecule has 14 heavy (non-hydrogen) atoms. The van der Waals surface area contributed by atoms with E-state index >= 15 is 0 Å². The molecule has 0 aromatic carbocycles. The molecule has 0 saturated heterocycles. The number of ether oxygens (including phenoxy) is 1. The Kier molecular flexibility index (Phi) is 3.94. The van der Waals surface area contributed by atoms with Crippen LogP contribution >= 0.6 is 0 Å². The van der Waals surface area contributed by atoms with Gasteiger partial charge in [0.2, 0.25) is 0 Å². The van der Waals surface area contributed by atoms with Crippen molar-refractivity contribution in [2.45, 2.75) is 6.92 Å². The molecule has 1 rings (SSSR count). The lowest BCUT2D eigenvalue weighted by atomic mass is 10.4. The molecule has 4 heteroatoms. The lowest BCUT2D eigenvalue weighted by molar-refractivity contribution is 0.0520. The molecule has 4 nitrogen and oxygen atoms in total. The molecule has 0 unspecified atom stereocenters. The summed E-state index contributed by atoms with van der Waals surface area (Å²) >= 11 is 0. The summed E-state index contributed by atoms with van der Waals surface area (Å²) in [4.78, 5) is 14.1. The Hall–Kier alpha value is -1.55. The highest BCUT2D eigenvalue weighted by molar-refractivity contribution is 5.87. The van der Waals surface area contributed by atoms with Gasteiger partial charge in [-0.25, -0.2) is 4.79 Å². The summed E-state index contributed by atoms with van der Waals surface area (Å²) in [6.07, 6.45) is 3.63. The van der Waals surface area contributed by atoms with Crippen LogP contribution in [0.5, 0.6) is 0 Å². The summed E-state index contributed by atoms with van der Waals surface area (Å²) in [6.45, 7) is 2.63. The zero-order valence-electron chi connectivity index (χ0n) is 8.12. The Morgan fingerprint density at radius 3 is 3.07 bits per heavy atom. The normalized spacial score (nSPS) is 10.7. The highest BCUT2D eigenvalue weighted by Crippen LogP contribution is 2.05. The Morgan fingerprint density at radius 2 is 2.43 bits per heavy atom. The van der Waals surface area contributed by atoms with Gasteiger partial charge < -0.3 is 15.5 Å². The molecule has 0 fully saturated rings. The third-order valence-corrected chi connectivity index (χ3v) is 1.64. The fraction of sp³-hybridized carbons (Fsp3) is 0.300. The Bertz CT molecular complexity index is 329. The minimum Gasteiger partial charge on any atom is -0.461 e. The van der Waals surface area contributed by atoms with Crippen molar-refractivity contribution in [1.82, 2.24) is 4.98 Å². The summed E-state index contributed by atoms with van der Waals surface area (Å²) in [5, 5.41) is 0. The van der Waals surface area contributed by atoms with Crippen LogP contribution in [0.4, 0.5) is 0 Å². The van der Waals surface area contributed by atoms with E-state index in [4.69, 9.17) is 10.5 Å². The van der Waals surface area contributed by atoms with Crippen LogP contribution in [0.25, 0.3) is 6.08 Å². The first-order chi connectivity index (χ1) is 6.77. The van der Waals surface area contributed by atoms with E-state index in [1.54, 1.807) is 25.1 Å². The molecule has 1 aromatic heterocycles. The van der Waals surface area contributed by atoms with Crippen LogP contribution in [0.3, 0.4) is 0 Å². The van der Waals surface area contributed by atoms with Crippen LogP contribution in [0, 0.1) is 0 Å². The van der Waals surface area contributed by atoms with Gasteiger partial charge in [0.05, 0.1) is 6.61 Å². The monoisotopic (exact) mass is 194 g/mol. The molecule has 0 atom stereocenters. The molecule has 0 bridgehead atoms. The number of esters is 1. The number of hydrogen-bond acceptors (Lipinski definition) is 3. The van der Waals surface area contributed by atoms with Crippen LogP contribution in [-0.2, 0) is 4.74 Å². The second kappa shape index (κ2) is 5.24. The summed E-state index contributed by atoms with van der Waals surface area (Å²) in [5.41, 5.74) is 6.61. The quantitative estimate of drug-likeness (QED) is 0.707. The predicted molar refractivity (Wildman–Crippen MR) is 54.8 cm³/mol. The molecule has 0 amide bonds. The van der Waals surface area contributed by atoms with E-state index in [0.29, 0.717) is 18.8 Å². The highest BCUT2D eigenvalue weighted by atomic mass is 16.5. The summed E-state index contributed by atoms with van der Waals surface area (Å²) in [5.74, 6) is -0.333. The minimum absolute atomic E-state index is 0.333. The van der Waals surface area contributed by atoms with Crippen molar-refractivity contribution < 1.29 is 9.53 Å². The van der Waals surface area contributed by atoms with Gasteiger partial charge in [-0.1, -0.05) is 6.08 Å². The Morgan fingerprint density at radius 1 is 1.64 bits per heavy atom. The number of rotatable bonds is 4. The van der Waals surface area contributed by atoms with Gasteiger partial charge in [0, 0.05) is 12.2 Å². The predicted octanol–water partition coefficient (Wildman–Crippen LogP) is 1.16. The summed E-state index contributed by atoms with van der Waals surface area (Å²) in [7, 11) is 0. The van der Waals surface area contributed by atoms with Crippen LogP contribution in [0.2, 0.25) is 0 Å². The van der Waals surface area contributed by atoms with Gasteiger partial charge in [0.25, 0.3) is 0 Å². The van der Waals surface area contributed by atoms with Crippen molar-refractivity contribution in [3.8, 4) is 0 Å². The smallest absolute Gasteiger partial charge is 0.354 e. The highest BCUT2D eigenvalue weighted by Gasteiger charge is 2.07. The Balaban J connectivity index is 2.67. The number of carbonyl (C=O) groups is 1. The lowest BCUT2D eigenvalue weighted by Gasteiger charge is -1.97. The van der Waals surface area contributed by atoms with Crippen LogP contribution < -0.4 is 5.73 Å². The summed E-state index contributed by atoms with van der Waals surface area (Å²) in [6, 6.07) is 3.49. The van der Waals surface area contributed by atoms with Gasteiger partial charge in [-0.05, 0) is 25.1 Å². The molecule has 1 heterocycles. The van der Waals surface area contributed by atoms with Gasteiger partial charge >= 0.3 is 5.97 Å². The van der Waals surface area contributed by atoms with Crippen molar-refractivity contribution in [3.05, 3.63) is 29.6 Å². The third-order valence-electron chi connectivity index (χ3n) is 1.64. The second-order valence-corrected chi connectivity index (χ2v) is 2.69. The number of aromatic amines is 1. The van der Waals surface area contributed by atoms with E-state index in [1.165, 1.54) is 0 Å². The van der Waals surface area contributed by atoms with Crippen LogP contribution in [0.1, 0.15) is 23.1 Å². The van der Waals surface area contributed by atoms with E-state index < -0.39 is 0 Å². The van der Waals surface area contributed by atoms with Gasteiger partial charge in [-0.15, -0.1) is 0 Å². The first-order valence-corrected chi connectivity index (χ1v) is 4.50. The maximum atomic E-state index is 11.2. The zero-order valence-corrected chi connectivity index (χ0v) is 8.12. The molecule has 0 radical (unpaired) electrons.